The van der Waals surface area contributed by atoms with Crippen LogP contribution in [-0.4, -0.2) is 46.4 Å². The van der Waals surface area contributed by atoms with Crippen molar-refractivity contribution in [2.45, 2.75) is 58.3 Å². The number of fused-ring (bicyclic) bond motifs is 1. The third-order valence-corrected chi connectivity index (χ3v) is 5.66. The summed E-state index contributed by atoms with van der Waals surface area (Å²) in [5, 5.41) is 11.2. The normalized spacial score (nSPS) is 34.9. The van der Waals surface area contributed by atoms with Crippen molar-refractivity contribution in [2.75, 3.05) is 0 Å². The fourth-order valence-corrected chi connectivity index (χ4v) is 3.91. The zero-order chi connectivity index (χ0) is 22.1. The zero-order valence-electron chi connectivity index (χ0n) is 17.3. The Morgan fingerprint density at radius 2 is 1.97 bits per heavy atom. The Labute approximate surface area is 170 Å². The molecule has 1 unspecified atom stereocenters. The van der Waals surface area contributed by atoms with Crippen LogP contribution in [0, 0.1) is 17.8 Å². The first-order chi connectivity index (χ1) is 13.4. The van der Waals surface area contributed by atoms with Crippen molar-refractivity contribution in [3.8, 4) is 0 Å². The van der Waals surface area contributed by atoms with Crippen LogP contribution in [0.5, 0.6) is 0 Å². The number of ketones is 2. The highest BCUT2D eigenvalue weighted by molar-refractivity contribution is 5.99. The molecule has 29 heavy (non-hydrogen) atoms. The topological polar surface area (TPSA) is 107 Å². The van der Waals surface area contributed by atoms with Gasteiger partial charge in [-0.1, -0.05) is 26.2 Å². The van der Waals surface area contributed by atoms with E-state index in [1.165, 1.54) is 26.8 Å². The number of carbonyl (C=O) groups is 4. The van der Waals surface area contributed by atoms with Gasteiger partial charge in [0.2, 0.25) is 0 Å². The standard InChI is InChI=1S/C22H28O7/c1-11(2)16(24)10-15-20(28-14(5)23)19-13(4)21(26)29-17(19)9-12(3)7-8-18(25)22(15,6)27/h7-8,12,15,17,19-20,27H,1,4,9-10H2,2-3,5-6H3/t12-,15+,17+,19-,20+,22?/m0/s1. The largest absolute Gasteiger partial charge is 0.461 e. The predicted octanol–water partition coefficient (Wildman–Crippen LogP) is 2.08. The van der Waals surface area contributed by atoms with Gasteiger partial charge in [-0.05, 0) is 37.8 Å². The average Bonchev–Trinajstić information content (AvgIpc) is 2.88. The van der Waals surface area contributed by atoms with Gasteiger partial charge in [-0.25, -0.2) is 4.79 Å². The zero-order valence-corrected chi connectivity index (χ0v) is 17.3. The number of Topliss-reactive ketones (excluding diaryl/α,β-unsaturated/α-hetero) is 1. The lowest BCUT2D eigenvalue weighted by molar-refractivity contribution is -0.168. The smallest absolute Gasteiger partial charge is 0.334 e. The quantitative estimate of drug-likeness (QED) is 0.565. The molecule has 1 heterocycles. The number of esters is 2. The first-order valence-corrected chi connectivity index (χ1v) is 9.57. The SMILES string of the molecule is C=C(C)C(=O)C[C@@H]1[C@@H](OC(C)=O)[C@H]2C(=C)C(=O)O[C@@H]2C[C@@H](C)C=CC(=O)C1(C)O. The highest BCUT2D eigenvalue weighted by Gasteiger charge is 2.54. The number of allylic oxidation sites excluding steroid dienone is 2. The van der Waals surface area contributed by atoms with Crippen LogP contribution >= 0.6 is 0 Å². The van der Waals surface area contributed by atoms with Crippen molar-refractivity contribution in [3.63, 3.8) is 0 Å². The van der Waals surface area contributed by atoms with Gasteiger partial charge in [-0.2, -0.15) is 0 Å². The van der Waals surface area contributed by atoms with Crippen molar-refractivity contribution >= 4 is 23.5 Å². The van der Waals surface area contributed by atoms with E-state index in [-0.39, 0.29) is 29.3 Å². The summed E-state index contributed by atoms with van der Waals surface area (Å²) >= 11 is 0. The van der Waals surface area contributed by atoms with Gasteiger partial charge in [0.05, 0.1) is 5.92 Å². The van der Waals surface area contributed by atoms with Gasteiger partial charge in [-0.3, -0.25) is 14.4 Å². The molecule has 7 heteroatoms. The third kappa shape index (κ3) is 4.72. The summed E-state index contributed by atoms with van der Waals surface area (Å²) in [6, 6.07) is 0. The highest BCUT2D eigenvalue weighted by Crippen LogP contribution is 2.42. The molecule has 0 aromatic carbocycles. The van der Waals surface area contributed by atoms with Crippen LogP contribution in [0.1, 0.15) is 40.5 Å². The summed E-state index contributed by atoms with van der Waals surface area (Å²) in [6.07, 6.45) is 1.16. The van der Waals surface area contributed by atoms with E-state index in [1.807, 2.05) is 6.92 Å². The highest BCUT2D eigenvalue weighted by atomic mass is 16.6. The molecular formula is C22H28O7. The number of aliphatic hydroxyl groups is 1. The van der Waals surface area contributed by atoms with Gasteiger partial charge >= 0.3 is 11.9 Å². The van der Waals surface area contributed by atoms with Crippen LogP contribution in [-0.2, 0) is 28.7 Å². The second-order valence-electron chi connectivity index (χ2n) is 8.17. The molecule has 2 rings (SSSR count). The lowest BCUT2D eigenvalue weighted by atomic mass is 9.70. The Hall–Kier alpha value is -2.54. The molecule has 0 saturated carbocycles. The Bertz CT molecular complexity index is 789. The Morgan fingerprint density at radius 3 is 2.52 bits per heavy atom. The van der Waals surface area contributed by atoms with Gasteiger partial charge in [-0.15, -0.1) is 0 Å². The van der Waals surface area contributed by atoms with Crippen molar-refractivity contribution < 1.29 is 33.8 Å². The fourth-order valence-electron chi connectivity index (χ4n) is 3.91. The van der Waals surface area contributed by atoms with Crippen molar-refractivity contribution in [1.29, 1.82) is 0 Å². The summed E-state index contributed by atoms with van der Waals surface area (Å²) < 4.78 is 11.0. The fraction of sp³-hybridized carbons (Fsp3) is 0.545. The van der Waals surface area contributed by atoms with Gasteiger partial charge in [0, 0.05) is 24.8 Å². The summed E-state index contributed by atoms with van der Waals surface area (Å²) in [5.74, 6) is -4.35. The molecule has 7 nitrogen and oxygen atoms in total. The van der Waals surface area contributed by atoms with E-state index in [9.17, 15) is 24.3 Å². The molecule has 1 saturated heterocycles. The number of carbonyl (C=O) groups excluding carboxylic acids is 4. The molecule has 0 spiro atoms. The van der Waals surface area contributed by atoms with Crippen molar-refractivity contribution in [3.05, 3.63) is 36.5 Å². The van der Waals surface area contributed by atoms with Crippen molar-refractivity contribution in [1.82, 2.24) is 0 Å². The van der Waals surface area contributed by atoms with Crippen LogP contribution in [0.2, 0.25) is 0 Å². The molecule has 0 amide bonds. The summed E-state index contributed by atoms with van der Waals surface area (Å²) in [6.45, 7) is 13.2. The van der Waals surface area contributed by atoms with Crippen LogP contribution in [0.15, 0.2) is 36.5 Å². The maximum Gasteiger partial charge on any atom is 0.334 e. The first kappa shape index (κ1) is 22.7. The lowest BCUT2D eigenvalue weighted by Gasteiger charge is -2.40. The minimum atomic E-state index is -2.03. The molecule has 158 valence electrons. The number of hydrogen-bond donors (Lipinski definition) is 1. The van der Waals surface area contributed by atoms with Gasteiger partial charge in [0.1, 0.15) is 17.8 Å². The molecule has 1 aliphatic heterocycles. The van der Waals surface area contributed by atoms with E-state index in [1.54, 1.807) is 6.08 Å². The molecule has 1 fully saturated rings. The first-order valence-electron chi connectivity index (χ1n) is 9.57. The molecule has 0 aromatic rings. The average molecular weight is 404 g/mol. The second-order valence-corrected chi connectivity index (χ2v) is 8.17. The Balaban J connectivity index is 2.67. The summed E-state index contributed by atoms with van der Waals surface area (Å²) in [5.41, 5.74) is -1.70. The molecule has 6 atom stereocenters. The third-order valence-electron chi connectivity index (χ3n) is 5.66. The Morgan fingerprint density at radius 1 is 1.34 bits per heavy atom. The van der Waals surface area contributed by atoms with Crippen LogP contribution in [0.3, 0.4) is 0 Å². The molecule has 0 aromatic heterocycles. The van der Waals surface area contributed by atoms with E-state index in [0.717, 1.165) is 0 Å². The van der Waals surface area contributed by atoms with Crippen molar-refractivity contribution in [2.24, 2.45) is 17.8 Å². The predicted molar refractivity (Wildman–Crippen MR) is 105 cm³/mol. The van der Waals surface area contributed by atoms with Gasteiger partial charge < -0.3 is 14.6 Å². The monoisotopic (exact) mass is 404 g/mol. The molecule has 1 aliphatic carbocycles. The summed E-state index contributed by atoms with van der Waals surface area (Å²) in [7, 11) is 0. The minimum absolute atomic E-state index is 0.0917. The van der Waals surface area contributed by atoms with E-state index in [0.29, 0.717) is 6.42 Å². The number of hydrogen-bond acceptors (Lipinski definition) is 7. The van der Waals surface area contributed by atoms with E-state index < -0.39 is 47.4 Å². The van der Waals surface area contributed by atoms with Gasteiger partial charge in [0.25, 0.3) is 0 Å². The number of rotatable bonds is 4. The van der Waals surface area contributed by atoms with E-state index in [2.05, 4.69) is 13.2 Å². The van der Waals surface area contributed by atoms with E-state index >= 15 is 0 Å². The molecule has 2 aliphatic rings. The minimum Gasteiger partial charge on any atom is -0.461 e. The maximum atomic E-state index is 12.8. The Kier molecular flexibility index (Phi) is 6.63. The molecule has 0 bridgehead atoms. The van der Waals surface area contributed by atoms with E-state index in [4.69, 9.17) is 9.47 Å². The van der Waals surface area contributed by atoms with Crippen LogP contribution < -0.4 is 0 Å². The second kappa shape index (κ2) is 8.45. The van der Waals surface area contributed by atoms with Crippen LogP contribution in [0.25, 0.3) is 0 Å². The molecule has 1 N–H and O–H groups in total. The molecular weight excluding hydrogens is 376 g/mol. The van der Waals surface area contributed by atoms with Gasteiger partial charge in [0.15, 0.2) is 11.6 Å². The molecule has 0 radical (unpaired) electrons. The maximum absolute atomic E-state index is 12.8. The lowest BCUT2D eigenvalue weighted by Crippen LogP contribution is -2.53. The number of ether oxygens (including phenoxy) is 2. The summed E-state index contributed by atoms with van der Waals surface area (Å²) in [4.78, 5) is 49.4. The van der Waals surface area contributed by atoms with Crippen LogP contribution in [0.4, 0.5) is 0 Å².